The van der Waals surface area contributed by atoms with Crippen molar-refractivity contribution in [1.82, 2.24) is 14.5 Å². The van der Waals surface area contributed by atoms with E-state index in [1.54, 1.807) is 23.8 Å². The highest BCUT2D eigenvalue weighted by Gasteiger charge is 2.48. The zero-order valence-corrected chi connectivity index (χ0v) is 19.5. The van der Waals surface area contributed by atoms with Gasteiger partial charge in [-0.1, -0.05) is 45.4 Å². The molecule has 0 aliphatic carbocycles. The van der Waals surface area contributed by atoms with Gasteiger partial charge in [-0.3, -0.25) is 0 Å². The lowest BCUT2D eigenvalue weighted by molar-refractivity contribution is -0.121. The van der Waals surface area contributed by atoms with Gasteiger partial charge in [0.25, 0.3) is 0 Å². The van der Waals surface area contributed by atoms with Gasteiger partial charge in [-0.15, -0.1) is 0 Å². The van der Waals surface area contributed by atoms with Crippen LogP contribution in [0.25, 0.3) is 11.0 Å². The highest BCUT2D eigenvalue weighted by Crippen LogP contribution is 2.40. The van der Waals surface area contributed by atoms with Gasteiger partial charge in [0, 0.05) is 12.6 Å². The molecule has 0 unspecified atom stereocenters. The van der Waals surface area contributed by atoms with Gasteiger partial charge in [0.1, 0.15) is 29.4 Å². The van der Waals surface area contributed by atoms with Gasteiger partial charge < -0.3 is 29.6 Å². The molecular formula is C22H33ClN4O5. The molecule has 1 aliphatic heterocycles. The number of aliphatic hydroxyl groups is 1. The van der Waals surface area contributed by atoms with Crippen molar-refractivity contribution in [3.8, 4) is 0 Å². The van der Waals surface area contributed by atoms with E-state index in [0.29, 0.717) is 24.1 Å². The molecule has 0 bridgehead atoms. The monoisotopic (exact) mass is 468 g/mol. The Morgan fingerprint density at radius 2 is 2.03 bits per heavy atom. The predicted octanol–water partition coefficient (Wildman–Crippen LogP) is 4.61. The van der Waals surface area contributed by atoms with E-state index < -0.39 is 24.1 Å². The largest absolute Gasteiger partial charge is 0.508 e. The number of unbranched alkanes of at least 4 members (excludes halogenated alkanes) is 6. The molecule has 178 valence electrons. The number of hydrogen-bond donors (Lipinski definition) is 2. The van der Waals surface area contributed by atoms with Crippen LogP contribution in [0.3, 0.4) is 0 Å². The lowest BCUT2D eigenvalue weighted by Crippen LogP contribution is -2.42. The Morgan fingerprint density at radius 3 is 2.75 bits per heavy atom. The summed E-state index contributed by atoms with van der Waals surface area (Å²) in [6.07, 6.45) is 8.03. The first-order valence-corrected chi connectivity index (χ1v) is 11.7. The van der Waals surface area contributed by atoms with Crippen LogP contribution in [0.2, 0.25) is 5.28 Å². The number of ether oxygens (including phenoxy) is 3. The lowest BCUT2D eigenvalue weighted by atomic mass is 10.0. The number of nitrogen functional groups attached to an aromatic ring is 1. The molecule has 3 N–H and O–H groups in total. The summed E-state index contributed by atoms with van der Waals surface area (Å²) in [6, 6.07) is 1.77. The van der Waals surface area contributed by atoms with E-state index in [2.05, 4.69) is 16.9 Å². The zero-order valence-electron chi connectivity index (χ0n) is 18.8. The van der Waals surface area contributed by atoms with E-state index in [-0.39, 0.29) is 17.7 Å². The third-order valence-corrected chi connectivity index (χ3v) is 6.08. The summed E-state index contributed by atoms with van der Waals surface area (Å²) in [5, 5.41) is 10.6. The van der Waals surface area contributed by atoms with Crippen LogP contribution >= 0.6 is 11.6 Å². The van der Waals surface area contributed by atoms with E-state index in [4.69, 9.17) is 31.5 Å². The molecule has 1 saturated heterocycles. The normalized spacial score (nSPS) is 23.0. The quantitative estimate of drug-likeness (QED) is 0.278. The van der Waals surface area contributed by atoms with Crippen LogP contribution in [-0.4, -0.2) is 50.7 Å². The number of nitrogens with zero attached hydrogens (tertiary/aromatic N) is 3. The Kier molecular flexibility index (Phi) is 8.56. The number of fused-ring (bicyclic) bond motifs is 1. The number of carbonyl (C=O) groups is 1. The maximum atomic E-state index is 12.2. The second kappa shape index (κ2) is 11.2. The highest BCUT2D eigenvalue weighted by atomic mass is 35.5. The van der Waals surface area contributed by atoms with Gasteiger partial charge in [-0.05, 0) is 31.0 Å². The van der Waals surface area contributed by atoms with Crippen molar-refractivity contribution in [3.05, 3.63) is 17.5 Å². The molecule has 0 saturated carbocycles. The Labute approximate surface area is 193 Å². The predicted molar refractivity (Wildman–Crippen MR) is 121 cm³/mol. The van der Waals surface area contributed by atoms with Crippen molar-refractivity contribution in [3.63, 3.8) is 0 Å². The molecule has 32 heavy (non-hydrogen) atoms. The molecule has 9 nitrogen and oxygen atoms in total. The summed E-state index contributed by atoms with van der Waals surface area (Å²) in [5.41, 5.74) is 5.35. The summed E-state index contributed by atoms with van der Waals surface area (Å²) in [6.45, 7) is 3.88. The fraction of sp³-hybridized carbons (Fsp3) is 0.682. The minimum atomic E-state index is -1.08. The molecule has 1 aliphatic rings. The molecule has 2 aromatic rings. The summed E-state index contributed by atoms with van der Waals surface area (Å²) >= 11 is 5.96. The Balaban J connectivity index is 1.54. The van der Waals surface area contributed by atoms with E-state index in [0.717, 1.165) is 19.3 Å². The Hall–Kier alpha value is -2.10. The molecule has 1 fully saturated rings. The average Bonchev–Trinajstić information content (AvgIpc) is 3.32. The number of halogens is 1. The van der Waals surface area contributed by atoms with Crippen LogP contribution in [0.5, 0.6) is 0 Å². The SMILES string of the molecule is CCCCCCCCCOC(=O)O[C@H]1C[C@H](n2ccc3c(N)nc(Cl)nc32)O[C@]1(C)CO. The van der Waals surface area contributed by atoms with Crippen molar-refractivity contribution < 1.29 is 24.1 Å². The molecule has 2 aromatic heterocycles. The van der Waals surface area contributed by atoms with Crippen LogP contribution in [0.1, 0.15) is 71.4 Å². The number of anilines is 1. The second-order valence-corrected chi connectivity index (χ2v) is 8.78. The van der Waals surface area contributed by atoms with Gasteiger partial charge in [0.05, 0.1) is 18.6 Å². The smallest absolute Gasteiger partial charge is 0.434 e. The van der Waals surface area contributed by atoms with Crippen molar-refractivity contribution in [2.75, 3.05) is 18.9 Å². The molecule has 3 heterocycles. The van der Waals surface area contributed by atoms with Crippen LogP contribution in [0.4, 0.5) is 10.6 Å². The number of carbonyl (C=O) groups excluding carboxylic acids is 1. The standard InChI is InChI=1S/C22H33ClN4O5/c1-3-4-5-6-7-8-9-12-30-21(29)31-16-13-17(32-22(16,2)14-28)27-11-10-15-18(24)25-20(23)26-19(15)27/h10-11,16-17,28H,3-9,12-14H2,1-2H3,(H2,24,25,26)/t16-,17+,22+/m0/s1. The Morgan fingerprint density at radius 1 is 1.31 bits per heavy atom. The van der Waals surface area contributed by atoms with Crippen molar-refractivity contribution in [1.29, 1.82) is 0 Å². The second-order valence-electron chi connectivity index (χ2n) is 8.44. The lowest BCUT2D eigenvalue weighted by Gasteiger charge is -2.27. The van der Waals surface area contributed by atoms with E-state index in [9.17, 15) is 9.90 Å². The third kappa shape index (κ3) is 5.82. The average molecular weight is 469 g/mol. The summed E-state index contributed by atoms with van der Waals surface area (Å²) in [5.74, 6) is 0.267. The fourth-order valence-corrected chi connectivity index (χ4v) is 4.15. The van der Waals surface area contributed by atoms with E-state index in [1.165, 1.54) is 25.7 Å². The molecular weight excluding hydrogens is 436 g/mol. The van der Waals surface area contributed by atoms with Crippen LogP contribution < -0.4 is 5.73 Å². The molecule has 0 spiro atoms. The van der Waals surface area contributed by atoms with Gasteiger partial charge in [-0.25, -0.2) is 9.78 Å². The first-order valence-electron chi connectivity index (χ1n) is 11.3. The minimum Gasteiger partial charge on any atom is -0.434 e. The van der Waals surface area contributed by atoms with Crippen LogP contribution in [0, 0.1) is 0 Å². The number of aliphatic hydroxyl groups excluding tert-OH is 1. The summed E-state index contributed by atoms with van der Waals surface area (Å²) < 4.78 is 18.6. The van der Waals surface area contributed by atoms with Crippen LogP contribution in [0.15, 0.2) is 12.3 Å². The first-order chi connectivity index (χ1) is 15.4. The van der Waals surface area contributed by atoms with Crippen LogP contribution in [-0.2, 0) is 14.2 Å². The zero-order chi connectivity index (χ0) is 23.1. The van der Waals surface area contributed by atoms with Crippen molar-refractivity contribution in [2.24, 2.45) is 0 Å². The van der Waals surface area contributed by atoms with Crippen molar-refractivity contribution in [2.45, 2.75) is 83.1 Å². The molecule has 3 rings (SSSR count). The molecule has 10 heteroatoms. The molecule has 0 radical (unpaired) electrons. The van der Waals surface area contributed by atoms with E-state index in [1.807, 2.05) is 0 Å². The van der Waals surface area contributed by atoms with Crippen molar-refractivity contribution >= 4 is 34.6 Å². The van der Waals surface area contributed by atoms with Gasteiger partial charge in [0.15, 0.2) is 0 Å². The van der Waals surface area contributed by atoms with E-state index >= 15 is 0 Å². The minimum absolute atomic E-state index is 0.0274. The first kappa shape index (κ1) is 24.5. The van der Waals surface area contributed by atoms with Gasteiger partial charge in [0.2, 0.25) is 5.28 Å². The number of hydrogen-bond acceptors (Lipinski definition) is 8. The topological polar surface area (TPSA) is 122 Å². The Bertz CT molecular complexity index is 908. The number of rotatable bonds is 11. The summed E-state index contributed by atoms with van der Waals surface area (Å²) in [4.78, 5) is 20.4. The van der Waals surface area contributed by atoms with Gasteiger partial charge >= 0.3 is 6.16 Å². The fourth-order valence-electron chi connectivity index (χ4n) is 3.98. The third-order valence-electron chi connectivity index (χ3n) is 5.91. The summed E-state index contributed by atoms with van der Waals surface area (Å²) in [7, 11) is 0. The number of nitrogens with two attached hydrogens (primary N) is 1. The van der Waals surface area contributed by atoms with Gasteiger partial charge in [-0.2, -0.15) is 4.98 Å². The molecule has 0 aromatic carbocycles. The maximum Gasteiger partial charge on any atom is 0.508 e. The number of aromatic nitrogens is 3. The highest BCUT2D eigenvalue weighted by molar-refractivity contribution is 6.28. The molecule has 0 amide bonds. The maximum absolute atomic E-state index is 12.2. The molecule has 3 atom stereocenters.